The number of piperidine rings is 1. The maximum atomic E-state index is 12.7. The molecular formula is C17H23N3O3. The van der Waals surface area contributed by atoms with E-state index in [1.165, 1.54) is 0 Å². The lowest BCUT2D eigenvalue weighted by Gasteiger charge is -2.39. The number of carboxylic acids is 1. The molecule has 6 heteroatoms. The van der Waals surface area contributed by atoms with Crippen molar-refractivity contribution in [2.24, 2.45) is 5.41 Å². The minimum Gasteiger partial charge on any atom is -0.481 e. The second-order valence-electron chi connectivity index (χ2n) is 6.19. The standard InChI is InChI=1S/C17H23N3O3/c1-4-5-6-17(16(22)23)7-9-20(10-8-17)15(21)14-11-12(2)18-19-13(14)3/h4,11H,1,5-10H2,2-3H3,(H,22,23). The summed E-state index contributed by atoms with van der Waals surface area (Å²) in [7, 11) is 0. The second kappa shape index (κ2) is 6.89. The number of likely N-dealkylation sites (tertiary alicyclic amines) is 1. The van der Waals surface area contributed by atoms with Gasteiger partial charge in [-0.15, -0.1) is 6.58 Å². The largest absolute Gasteiger partial charge is 0.481 e. The first-order valence-electron chi connectivity index (χ1n) is 7.84. The van der Waals surface area contributed by atoms with Crippen LogP contribution in [-0.2, 0) is 4.79 Å². The highest BCUT2D eigenvalue weighted by molar-refractivity contribution is 5.95. The van der Waals surface area contributed by atoms with Crippen LogP contribution >= 0.6 is 0 Å². The van der Waals surface area contributed by atoms with E-state index in [0.717, 1.165) is 0 Å². The number of hydrogen-bond acceptors (Lipinski definition) is 4. The van der Waals surface area contributed by atoms with Gasteiger partial charge in [0.05, 0.1) is 22.4 Å². The predicted molar refractivity (Wildman–Crippen MR) is 86.1 cm³/mol. The van der Waals surface area contributed by atoms with Crippen LogP contribution in [0.1, 0.15) is 47.4 Å². The van der Waals surface area contributed by atoms with E-state index in [9.17, 15) is 14.7 Å². The molecule has 1 saturated heterocycles. The zero-order chi connectivity index (χ0) is 17.0. The van der Waals surface area contributed by atoms with Crippen molar-refractivity contribution in [1.29, 1.82) is 0 Å². The Morgan fingerprint density at radius 3 is 2.57 bits per heavy atom. The fourth-order valence-electron chi connectivity index (χ4n) is 3.02. The van der Waals surface area contributed by atoms with Crippen molar-refractivity contribution in [3.05, 3.63) is 35.7 Å². The Balaban J connectivity index is 2.11. The third-order valence-electron chi connectivity index (χ3n) is 4.62. The average molecular weight is 317 g/mol. The van der Waals surface area contributed by atoms with E-state index in [1.807, 2.05) is 0 Å². The molecule has 0 atom stereocenters. The first kappa shape index (κ1) is 17.1. The van der Waals surface area contributed by atoms with Crippen molar-refractivity contribution < 1.29 is 14.7 Å². The van der Waals surface area contributed by atoms with Gasteiger partial charge >= 0.3 is 5.97 Å². The van der Waals surface area contributed by atoms with E-state index in [1.54, 1.807) is 30.9 Å². The van der Waals surface area contributed by atoms with E-state index in [4.69, 9.17) is 0 Å². The van der Waals surface area contributed by atoms with Gasteiger partial charge in [0.2, 0.25) is 0 Å². The molecule has 1 N–H and O–H groups in total. The topological polar surface area (TPSA) is 83.4 Å². The molecule has 0 bridgehead atoms. The number of aromatic nitrogens is 2. The molecule has 1 aliphatic rings. The van der Waals surface area contributed by atoms with Crippen molar-refractivity contribution in [3.8, 4) is 0 Å². The molecule has 1 aliphatic heterocycles. The van der Waals surface area contributed by atoms with E-state index in [2.05, 4.69) is 16.8 Å². The van der Waals surface area contributed by atoms with Crippen LogP contribution in [0.3, 0.4) is 0 Å². The lowest BCUT2D eigenvalue weighted by molar-refractivity contribution is -0.152. The molecule has 0 aromatic carbocycles. The summed E-state index contributed by atoms with van der Waals surface area (Å²) < 4.78 is 0. The summed E-state index contributed by atoms with van der Waals surface area (Å²) in [5.41, 5.74) is 1.10. The van der Waals surface area contributed by atoms with Crippen molar-refractivity contribution in [2.75, 3.05) is 13.1 Å². The molecule has 124 valence electrons. The molecule has 1 aromatic rings. The van der Waals surface area contributed by atoms with E-state index in [-0.39, 0.29) is 5.91 Å². The number of aliphatic carboxylic acids is 1. The lowest BCUT2D eigenvalue weighted by atomic mass is 9.74. The van der Waals surface area contributed by atoms with Gasteiger partial charge in [0.1, 0.15) is 0 Å². The third-order valence-corrected chi connectivity index (χ3v) is 4.62. The summed E-state index contributed by atoms with van der Waals surface area (Å²) in [6.07, 6.45) is 3.93. The number of aryl methyl sites for hydroxylation is 2. The van der Waals surface area contributed by atoms with E-state index >= 15 is 0 Å². The molecule has 0 spiro atoms. The molecule has 0 aliphatic carbocycles. The highest BCUT2D eigenvalue weighted by atomic mass is 16.4. The summed E-state index contributed by atoms with van der Waals surface area (Å²) in [6.45, 7) is 8.12. The zero-order valence-electron chi connectivity index (χ0n) is 13.7. The number of amides is 1. The Morgan fingerprint density at radius 1 is 1.35 bits per heavy atom. The number of carbonyl (C=O) groups excluding carboxylic acids is 1. The van der Waals surface area contributed by atoms with Crippen LogP contribution in [0, 0.1) is 19.3 Å². The smallest absolute Gasteiger partial charge is 0.309 e. The van der Waals surface area contributed by atoms with Crippen LogP contribution in [0.15, 0.2) is 18.7 Å². The Bertz CT molecular complexity index is 620. The van der Waals surface area contributed by atoms with Crippen LogP contribution in [0.5, 0.6) is 0 Å². The summed E-state index contributed by atoms with van der Waals surface area (Å²) in [5.74, 6) is -0.868. The highest BCUT2D eigenvalue weighted by Gasteiger charge is 2.41. The van der Waals surface area contributed by atoms with Crippen LogP contribution in [-0.4, -0.2) is 45.2 Å². The zero-order valence-corrected chi connectivity index (χ0v) is 13.7. The fraction of sp³-hybridized carbons (Fsp3) is 0.529. The minimum atomic E-state index is -0.774. The van der Waals surface area contributed by atoms with Crippen LogP contribution in [0.4, 0.5) is 0 Å². The Morgan fingerprint density at radius 2 is 2.00 bits per heavy atom. The molecule has 1 aromatic heterocycles. The fourth-order valence-corrected chi connectivity index (χ4v) is 3.02. The third kappa shape index (κ3) is 3.57. The summed E-state index contributed by atoms with van der Waals surface area (Å²) >= 11 is 0. The molecule has 1 amide bonds. The lowest BCUT2D eigenvalue weighted by Crippen LogP contribution is -2.46. The molecular weight excluding hydrogens is 294 g/mol. The average Bonchev–Trinajstić information content (AvgIpc) is 2.55. The summed E-state index contributed by atoms with van der Waals surface area (Å²) in [6, 6.07) is 1.74. The number of hydrogen-bond donors (Lipinski definition) is 1. The highest BCUT2D eigenvalue weighted by Crippen LogP contribution is 2.37. The molecule has 2 heterocycles. The molecule has 0 radical (unpaired) electrons. The molecule has 2 rings (SSSR count). The number of rotatable bonds is 5. The monoisotopic (exact) mass is 317 g/mol. The number of carboxylic acid groups (broad SMARTS) is 1. The second-order valence-corrected chi connectivity index (χ2v) is 6.19. The normalized spacial score (nSPS) is 16.9. The van der Waals surface area contributed by atoms with Crippen molar-refractivity contribution >= 4 is 11.9 Å². The summed E-state index contributed by atoms with van der Waals surface area (Å²) in [4.78, 5) is 26.1. The number of carbonyl (C=O) groups is 2. The first-order chi connectivity index (χ1) is 10.9. The number of nitrogens with zero attached hydrogens (tertiary/aromatic N) is 3. The van der Waals surface area contributed by atoms with Crippen molar-refractivity contribution in [3.63, 3.8) is 0 Å². The van der Waals surface area contributed by atoms with Gasteiger partial charge in [-0.2, -0.15) is 10.2 Å². The van der Waals surface area contributed by atoms with E-state index < -0.39 is 11.4 Å². The van der Waals surface area contributed by atoms with Crippen LogP contribution in [0.25, 0.3) is 0 Å². The van der Waals surface area contributed by atoms with Gasteiger partial charge in [0, 0.05) is 13.1 Å². The molecule has 1 fully saturated rings. The van der Waals surface area contributed by atoms with Crippen LogP contribution in [0.2, 0.25) is 0 Å². The van der Waals surface area contributed by atoms with Gasteiger partial charge in [-0.05, 0) is 45.6 Å². The quantitative estimate of drug-likeness (QED) is 0.843. The Labute approximate surface area is 136 Å². The maximum absolute atomic E-state index is 12.7. The molecule has 6 nitrogen and oxygen atoms in total. The van der Waals surface area contributed by atoms with E-state index in [0.29, 0.717) is 55.7 Å². The van der Waals surface area contributed by atoms with Gasteiger partial charge in [0.15, 0.2) is 0 Å². The first-order valence-corrected chi connectivity index (χ1v) is 7.84. The van der Waals surface area contributed by atoms with Crippen molar-refractivity contribution in [2.45, 2.75) is 39.5 Å². The summed E-state index contributed by atoms with van der Waals surface area (Å²) in [5, 5.41) is 17.5. The van der Waals surface area contributed by atoms with Crippen molar-refractivity contribution in [1.82, 2.24) is 15.1 Å². The van der Waals surface area contributed by atoms with Gasteiger partial charge in [0.25, 0.3) is 5.91 Å². The van der Waals surface area contributed by atoms with Gasteiger partial charge in [-0.3, -0.25) is 9.59 Å². The van der Waals surface area contributed by atoms with Gasteiger partial charge in [-0.1, -0.05) is 6.08 Å². The number of allylic oxidation sites excluding steroid dienone is 1. The molecule has 0 unspecified atom stereocenters. The Kier molecular flexibility index (Phi) is 5.13. The molecule has 0 saturated carbocycles. The SMILES string of the molecule is C=CCCC1(C(=O)O)CCN(C(=O)c2cc(C)nnc2C)CC1. The van der Waals surface area contributed by atoms with Gasteiger partial charge < -0.3 is 10.0 Å². The minimum absolute atomic E-state index is 0.0943. The van der Waals surface area contributed by atoms with Gasteiger partial charge in [-0.25, -0.2) is 0 Å². The Hall–Kier alpha value is -2.24. The van der Waals surface area contributed by atoms with Crippen LogP contribution < -0.4 is 0 Å². The predicted octanol–water partition coefficient (Wildman–Crippen LogP) is 2.37. The molecule has 23 heavy (non-hydrogen) atoms. The maximum Gasteiger partial charge on any atom is 0.309 e.